The molecule has 0 aliphatic heterocycles. The zero-order valence-electron chi connectivity index (χ0n) is 9.12. The predicted molar refractivity (Wildman–Crippen MR) is 54.9 cm³/mol. The van der Waals surface area contributed by atoms with Crippen molar-refractivity contribution >= 4 is 0 Å². The van der Waals surface area contributed by atoms with Gasteiger partial charge in [0, 0.05) is 11.6 Å². The summed E-state index contributed by atoms with van der Waals surface area (Å²) >= 11 is 0. The maximum absolute atomic E-state index is 4.26. The van der Waals surface area contributed by atoms with Gasteiger partial charge in [0.25, 0.3) is 0 Å². The highest BCUT2D eigenvalue weighted by atomic mass is 15.4. The summed E-state index contributed by atoms with van der Waals surface area (Å²) in [7, 11) is 0. The summed E-state index contributed by atoms with van der Waals surface area (Å²) in [5.41, 5.74) is 0.369. The van der Waals surface area contributed by atoms with Crippen molar-refractivity contribution in [3.63, 3.8) is 0 Å². The summed E-state index contributed by atoms with van der Waals surface area (Å²) in [6.45, 7) is 7.33. The molecule has 1 saturated carbocycles. The molecule has 0 unspecified atom stereocenters. The van der Waals surface area contributed by atoms with Crippen LogP contribution in [0, 0.1) is 0 Å². The topological polar surface area (TPSA) is 42.7 Å². The van der Waals surface area contributed by atoms with Gasteiger partial charge in [-0.05, 0) is 33.6 Å². The number of nitrogens with zero attached hydrogens (tertiary/aromatic N) is 3. The van der Waals surface area contributed by atoms with Crippen molar-refractivity contribution in [2.24, 2.45) is 0 Å². The van der Waals surface area contributed by atoms with E-state index in [0.717, 1.165) is 12.4 Å². The minimum atomic E-state index is 0.369. The van der Waals surface area contributed by atoms with Crippen LogP contribution in [0.25, 0.3) is 0 Å². The normalized spacial score (nSPS) is 18.9. The average molecular weight is 194 g/mol. The van der Waals surface area contributed by atoms with Crippen LogP contribution < -0.4 is 5.32 Å². The van der Waals surface area contributed by atoms with E-state index in [0.29, 0.717) is 11.6 Å². The van der Waals surface area contributed by atoms with Gasteiger partial charge in [0.05, 0.1) is 6.54 Å². The number of hydrogen-bond donors (Lipinski definition) is 1. The Morgan fingerprint density at radius 1 is 1.57 bits per heavy atom. The van der Waals surface area contributed by atoms with E-state index in [4.69, 9.17) is 0 Å². The third-order valence-corrected chi connectivity index (χ3v) is 2.81. The molecule has 0 aromatic carbocycles. The Balaban J connectivity index is 1.98. The Morgan fingerprint density at radius 2 is 2.29 bits per heavy atom. The van der Waals surface area contributed by atoms with Gasteiger partial charge >= 0.3 is 0 Å². The molecular weight excluding hydrogens is 176 g/mol. The molecule has 1 heterocycles. The zero-order chi connectivity index (χ0) is 10.2. The van der Waals surface area contributed by atoms with Crippen molar-refractivity contribution in [1.82, 2.24) is 20.1 Å². The molecule has 0 saturated heterocycles. The molecule has 0 amide bonds. The van der Waals surface area contributed by atoms with Crippen LogP contribution in [-0.4, -0.2) is 20.3 Å². The van der Waals surface area contributed by atoms with Gasteiger partial charge in [0.1, 0.15) is 12.2 Å². The van der Waals surface area contributed by atoms with Crippen LogP contribution in [0.1, 0.15) is 45.5 Å². The summed E-state index contributed by atoms with van der Waals surface area (Å²) in [4.78, 5) is 4.26. The van der Waals surface area contributed by atoms with Crippen LogP contribution in [0.2, 0.25) is 0 Å². The van der Waals surface area contributed by atoms with E-state index < -0.39 is 0 Å². The lowest BCUT2D eigenvalue weighted by Gasteiger charge is -2.13. The van der Waals surface area contributed by atoms with Crippen molar-refractivity contribution in [2.45, 2.75) is 51.7 Å². The Kier molecular flexibility index (Phi) is 2.31. The fraction of sp³-hybridized carbons (Fsp3) is 0.800. The lowest BCUT2D eigenvalue weighted by molar-refractivity contribution is 0.463. The van der Waals surface area contributed by atoms with E-state index in [9.17, 15) is 0 Å². The fourth-order valence-corrected chi connectivity index (χ4v) is 1.49. The molecule has 1 aromatic heterocycles. The molecule has 78 valence electrons. The number of hydrogen-bond acceptors (Lipinski definition) is 3. The molecule has 1 N–H and O–H groups in total. The van der Waals surface area contributed by atoms with Crippen LogP contribution in [0.3, 0.4) is 0 Å². The predicted octanol–water partition coefficient (Wildman–Crippen LogP) is 1.50. The number of rotatable bonds is 4. The van der Waals surface area contributed by atoms with Gasteiger partial charge in [-0.25, -0.2) is 9.67 Å². The van der Waals surface area contributed by atoms with Crippen molar-refractivity contribution in [3.8, 4) is 0 Å². The van der Waals surface area contributed by atoms with E-state index in [1.165, 1.54) is 12.8 Å². The van der Waals surface area contributed by atoms with Crippen LogP contribution in [0.15, 0.2) is 6.33 Å². The first-order chi connectivity index (χ1) is 6.61. The lowest BCUT2D eigenvalue weighted by atomic mass is 10.3. The molecule has 4 heteroatoms. The van der Waals surface area contributed by atoms with Crippen molar-refractivity contribution in [1.29, 1.82) is 0 Å². The molecule has 1 aromatic rings. The first kappa shape index (κ1) is 9.65. The summed E-state index contributed by atoms with van der Waals surface area (Å²) in [5.74, 6) is 1.04. The number of nitrogens with one attached hydrogen (secondary N) is 1. The molecule has 0 bridgehead atoms. The lowest BCUT2D eigenvalue weighted by Crippen LogP contribution is -2.29. The van der Waals surface area contributed by atoms with Gasteiger partial charge in [0.2, 0.25) is 0 Å². The third-order valence-electron chi connectivity index (χ3n) is 2.81. The Hall–Kier alpha value is -0.900. The monoisotopic (exact) mass is 194 g/mol. The van der Waals surface area contributed by atoms with E-state index in [1.807, 2.05) is 4.68 Å². The van der Waals surface area contributed by atoms with Gasteiger partial charge in [-0.15, -0.1) is 0 Å². The summed E-state index contributed by atoms with van der Waals surface area (Å²) in [6, 6.07) is 0.390. The smallest absolute Gasteiger partial charge is 0.141 e. The zero-order valence-corrected chi connectivity index (χ0v) is 9.12. The third kappa shape index (κ3) is 1.95. The largest absolute Gasteiger partial charge is 0.305 e. The van der Waals surface area contributed by atoms with Gasteiger partial charge in [-0.3, -0.25) is 0 Å². The quantitative estimate of drug-likeness (QED) is 0.790. The van der Waals surface area contributed by atoms with Crippen molar-refractivity contribution in [3.05, 3.63) is 12.2 Å². The summed E-state index contributed by atoms with van der Waals surface area (Å²) in [6.07, 6.45) is 4.19. The molecule has 4 nitrogen and oxygen atoms in total. The van der Waals surface area contributed by atoms with Gasteiger partial charge in [0.15, 0.2) is 0 Å². The Bertz CT molecular complexity index is 312. The minimum Gasteiger partial charge on any atom is -0.305 e. The summed E-state index contributed by atoms with van der Waals surface area (Å²) < 4.78 is 1.97. The second kappa shape index (κ2) is 3.35. The maximum atomic E-state index is 4.26. The molecule has 0 atom stereocenters. The van der Waals surface area contributed by atoms with Gasteiger partial charge in [-0.2, -0.15) is 5.10 Å². The first-order valence-corrected chi connectivity index (χ1v) is 5.24. The fourth-order valence-electron chi connectivity index (χ4n) is 1.49. The van der Waals surface area contributed by atoms with Crippen molar-refractivity contribution in [2.75, 3.05) is 0 Å². The average Bonchev–Trinajstić information content (AvgIpc) is 2.68. The van der Waals surface area contributed by atoms with E-state index in [-0.39, 0.29) is 0 Å². The van der Waals surface area contributed by atoms with E-state index >= 15 is 0 Å². The minimum absolute atomic E-state index is 0.369. The molecule has 1 aliphatic carbocycles. The number of aromatic nitrogens is 3. The highest BCUT2D eigenvalue weighted by Crippen LogP contribution is 2.34. The standard InChI is InChI=1S/C10H18N4/c1-8(2)14-9(11-7-13-14)6-12-10(3)4-5-10/h7-8,12H,4-6H2,1-3H3. The van der Waals surface area contributed by atoms with E-state index in [2.05, 4.69) is 36.2 Å². The van der Waals surface area contributed by atoms with Crippen LogP contribution in [-0.2, 0) is 6.54 Å². The molecule has 1 aliphatic rings. The Labute approximate surface area is 84.7 Å². The molecule has 2 rings (SSSR count). The maximum Gasteiger partial charge on any atom is 0.141 e. The van der Waals surface area contributed by atoms with E-state index in [1.54, 1.807) is 6.33 Å². The second-order valence-corrected chi connectivity index (χ2v) is 4.63. The highest BCUT2D eigenvalue weighted by Gasteiger charge is 2.36. The van der Waals surface area contributed by atoms with Crippen LogP contribution in [0.4, 0.5) is 0 Å². The Morgan fingerprint density at radius 3 is 2.86 bits per heavy atom. The second-order valence-electron chi connectivity index (χ2n) is 4.63. The van der Waals surface area contributed by atoms with Crippen LogP contribution >= 0.6 is 0 Å². The highest BCUT2D eigenvalue weighted by molar-refractivity contribution is 4.99. The molecule has 14 heavy (non-hydrogen) atoms. The molecular formula is C10H18N4. The SMILES string of the molecule is CC(C)n1ncnc1CNC1(C)CC1. The molecule has 0 spiro atoms. The van der Waals surface area contributed by atoms with Crippen LogP contribution in [0.5, 0.6) is 0 Å². The van der Waals surface area contributed by atoms with Gasteiger partial charge < -0.3 is 5.32 Å². The molecule has 1 fully saturated rings. The first-order valence-electron chi connectivity index (χ1n) is 5.24. The van der Waals surface area contributed by atoms with Gasteiger partial charge in [-0.1, -0.05) is 0 Å². The van der Waals surface area contributed by atoms with Crippen molar-refractivity contribution < 1.29 is 0 Å². The summed E-state index contributed by atoms with van der Waals surface area (Å²) in [5, 5.41) is 7.71. The molecule has 0 radical (unpaired) electrons.